The van der Waals surface area contributed by atoms with Crippen molar-refractivity contribution in [1.82, 2.24) is 19.1 Å². The number of hydrogen-bond acceptors (Lipinski definition) is 4. The van der Waals surface area contributed by atoms with E-state index in [-0.39, 0.29) is 17.2 Å². The maximum Gasteiger partial charge on any atom is 0.311 e. The van der Waals surface area contributed by atoms with E-state index in [1.165, 1.54) is 35.2 Å². The molecule has 0 atom stereocenters. The van der Waals surface area contributed by atoms with Crippen molar-refractivity contribution in [3.8, 4) is 17.4 Å². The fourth-order valence-corrected chi connectivity index (χ4v) is 2.73. The number of rotatable bonds is 3. The monoisotopic (exact) mass is 406 g/mol. The Balaban J connectivity index is 1.97. The number of fused-ring (bicyclic) bond motifs is 1. The third kappa shape index (κ3) is 2.99. The average molecular weight is 407 g/mol. The first-order valence-electron chi connectivity index (χ1n) is 7.87. The molecule has 10 heteroatoms. The maximum atomic E-state index is 14.1. The second-order valence-corrected chi connectivity index (χ2v) is 6.27. The standard InChI is InChI=1S/C18H10ClF3N4O2/c1-25-8-23-15-16(25)24-18(28-14-7-12(21)11(20)6-13(14)22)26(17(15)27)10-4-2-9(19)3-5-10/h2-8H,1H3. The van der Waals surface area contributed by atoms with Gasteiger partial charge >= 0.3 is 6.01 Å². The Morgan fingerprint density at radius 1 is 1.04 bits per heavy atom. The van der Waals surface area contributed by atoms with Crippen LogP contribution in [0.1, 0.15) is 0 Å². The van der Waals surface area contributed by atoms with Crippen LogP contribution in [0, 0.1) is 17.5 Å². The van der Waals surface area contributed by atoms with Crippen LogP contribution in [0.5, 0.6) is 11.8 Å². The second kappa shape index (κ2) is 6.68. The van der Waals surface area contributed by atoms with Gasteiger partial charge in [0.1, 0.15) is 0 Å². The highest BCUT2D eigenvalue weighted by Crippen LogP contribution is 2.27. The van der Waals surface area contributed by atoms with E-state index < -0.39 is 28.8 Å². The van der Waals surface area contributed by atoms with Gasteiger partial charge < -0.3 is 9.30 Å². The van der Waals surface area contributed by atoms with Crippen LogP contribution < -0.4 is 10.3 Å². The fourth-order valence-electron chi connectivity index (χ4n) is 2.61. The Bertz CT molecular complexity index is 1270. The number of aromatic nitrogens is 4. The van der Waals surface area contributed by atoms with Gasteiger partial charge in [-0.05, 0) is 24.3 Å². The first-order chi connectivity index (χ1) is 13.3. The van der Waals surface area contributed by atoms with Crippen LogP contribution in [0.15, 0.2) is 47.5 Å². The molecular weight excluding hydrogens is 397 g/mol. The van der Waals surface area contributed by atoms with E-state index >= 15 is 0 Å². The minimum Gasteiger partial charge on any atom is -0.422 e. The molecule has 0 aliphatic carbocycles. The predicted molar refractivity (Wildman–Crippen MR) is 95.5 cm³/mol. The number of ether oxygens (including phenoxy) is 1. The molecule has 0 amide bonds. The third-order valence-electron chi connectivity index (χ3n) is 3.97. The molecule has 0 radical (unpaired) electrons. The molecule has 0 N–H and O–H groups in total. The van der Waals surface area contributed by atoms with Crippen molar-refractivity contribution in [2.75, 3.05) is 0 Å². The number of hydrogen-bond donors (Lipinski definition) is 0. The summed E-state index contributed by atoms with van der Waals surface area (Å²) in [5, 5.41) is 0.429. The molecule has 2 aromatic carbocycles. The SMILES string of the molecule is Cn1cnc2c(=O)n(-c3ccc(Cl)cc3)c(Oc3cc(F)c(F)cc3F)nc21. The zero-order valence-electron chi connectivity index (χ0n) is 14.2. The molecule has 0 saturated heterocycles. The molecular formula is C18H10ClF3N4O2. The molecule has 4 rings (SSSR count). The van der Waals surface area contributed by atoms with Gasteiger partial charge in [0.15, 0.2) is 34.4 Å². The molecule has 28 heavy (non-hydrogen) atoms. The highest BCUT2D eigenvalue weighted by Gasteiger charge is 2.20. The van der Waals surface area contributed by atoms with E-state index in [2.05, 4.69) is 9.97 Å². The summed E-state index contributed by atoms with van der Waals surface area (Å²) >= 11 is 5.88. The van der Waals surface area contributed by atoms with Crippen molar-refractivity contribution in [2.24, 2.45) is 7.05 Å². The summed E-state index contributed by atoms with van der Waals surface area (Å²) in [4.78, 5) is 21.2. The number of halogens is 4. The van der Waals surface area contributed by atoms with Crippen molar-refractivity contribution in [1.29, 1.82) is 0 Å². The van der Waals surface area contributed by atoms with E-state index in [1.54, 1.807) is 7.05 Å². The first kappa shape index (κ1) is 18.1. The molecule has 4 aromatic rings. The lowest BCUT2D eigenvalue weighted by molar-refractivity contribution is 0.388. The lowest BCUT2D eigenvalue weighted by Gasteiger charge is -2.13. The van der Waals surface area contributed by atoms with Crippen LogP contribution in [-0.2, 0) is 7.05 Å². The zero-order chi connectivity index (χ0) is 20.0. The van der Waals surface area contributed by atoms with Crippen molar-refractivity contribution in [3.05, 3.63) is 75.6 Å². The summed E-state index contributed by atoms with van der Waals surface area (Å²) < 4.78 is 48.7. The number of nitrogens with zero attached hydrogens (tertiary/aromatic N) is 4. The molecule has 142 valence electrons. The van der Waals surface area contributed by atoms with E-state index in [9.17, 15) is 18.0 Å². The topological polar surface area (TPSA) is 61.9 Å². The van der Waals surface area contributed by atoms with Gasteiger partial charge in [-0.1, -0.05) is 11.6 Å². The Morgan fingerprint density at radius 2 is 1.71 bits per heavy atom. The van der Waals surface area contributed by atoms with Gasteiger partial charge in [0.2, 0.25) is 0 Å². The van der Waals surface area contributed by atoms with Gasteiger partial charge in [-0.25, -0.2) is 22.7 Å². The van der Waals surface area contributed by atoms with E-state index in [1.807, 2.05) is 0 Å². The van der Waals surface area contributed by atoms with Gasteiger partial charge in [-0.3, -0.25) is 4.79 Å². The molecule has 2 aromatic heterocycles. The average Bonchev–Trinajstić information content (AvgIpc) is 3.02. The Morgan fingerprint density at radius 3 is 2.43 bits per heavy atom. The van der Waals surface area contributed by atoms with Crippen LogP contribution in [0.4, 0.5) is 13.2 Å². The van der Waals surface area contributed by atoms with Crippen molar-refractivity contribution >= 4 is 22.8 Å². The molecule has 0 bridgehead atoms. The Kier molecular flexibility index (Phi) is 4.31. The fraction of sp³-hybridized carbons (Fsp3) is 0.0556. The summed E-state index contributed by atoms with van der Waals surface area (Å²) in [7, 11) is 1.61. The molecule has 0 aliphatic rings. The van der Waals surface area contributed by atoms with Crippen molar-refractivity contribution in [3.63, 3.8) is 0 Å². The smallest absolute Gasteiger partial charge is 0.311 e. The molecule has 0 aliphatic heterocycles. The minimum absolute atomic E-state index is 0.0514. The number of imidazole rings is 1. The quantitative estimate of drug-likeness (QED) is 0.483. The Hall–Kier alpha value is -3.33. The van der Waals surface area contributed by atoms with E-state index in [0.717, 1.165) is 4.57 Å². The lowest BCUT2D eigenvalue weighted by Crippen LogP contribution is -2.22. The largest absolute Gasteiger partial charge is 0.422 e. The molecule has 0 fully saturated rings. The maximum absolute atomic E-state index is 14.1. The minimum atomic E-state index is -1.37. The highest BCUT2D eigenvalue weighted by atomic mass is 35.5. The van der Waals surface area contributed by atoms with E-state index in [4.69, 9.17) is 16.3 Å². The van der Waals surface area contributed by atoms with E-state index in [0.29, 0.717) is 22.8 Å². The molecule has 6 nitrogen and oxygen atoms in total. The van der Waals surface area contributed by atoms with Crippen LogP contribution in [0.2, 0.25) is 5.02 Å². The molecule has 2 heterocycles. The second-order valence-electron chi connectivity index (χ2n) is 5.84. The molecule has 0 unspecified atom stereocenters. The number of benzene rings is 2. The zero-order valence-corrected chi connectivity index (χ0v) is 14.9. The molecule has 0 spiro atoms. The van der Waals surface area contributed by atoms with Crippen LogP contribution in [0.3, 0.4) is 0 Å². The summed E-state index contributed by atoms with van der Waals surface area (Å²) in [6, 6.07) is 6.65. The highest BCUT2D eigenvalue weighted by molar-refractivity contribution is 6.30. The molecule has 0 saturated carbocycles. The first-order valence-corrected chi connectivity index (χ1v) is 8.25. The summed E-state index contributed by atoms with van der Waals surface area (Å²) in [6.07, 6.45) is 1.38. The normalized spacial score (nSPS) is 11.2. The third-order valence-corrected chi connectivity index (χ3v) is 4.22. The van der Waals surface area contributed by atoms with Crippen molar-refractivity contribution in [2.45, 2.75) is 0 Å². The lowest BCUT2D eigenvalue weighted by atomic mass is 10.3. The van der Waals surface area contributed by atoms with Gasteiger partial charge in [0.25, 0.3) is 5.56 Å². The summed E-state index contributed by atoms with van der Waals surface area (Å²) in [5.41, 5.74) is -0.0536. The summed E-state index contributed by atoms with van der Waals surface area (Å²) in [6.45, 7) is 0. The van der Waals surface area contributed by atoms with Crippen molar-refractivity contribution < 1.29 is 17.9 Å². The van der Waals surface area contributed by atoms with Crippen LogP contribution in [0.25, 0.3) is 16.9 Å². The predicted octanol–water partition coefficient (Wildman–Crippen LogP) is 3.98. The Labute approximate surface area is 160 Å². The summed E-state index contributed by atoms with van der Waals surface area (Å²) in [5.74, 6) is -4.45. The van der Waals surface area contributed by atoms with Gasteiger partial charge in [-0.2, -0.15) is 4.98 Å². The number of aryl methyl sites for hydroxylation is 1. The van der Waals surface area contributed by atoms with Gasteiger partial charge in [-0.15, -0.1) is 0 Å². The van der Waals surface area contributed by atoms with Gasteiger partial charge in [0.05, 0.1) is 12.0 Å². The van der Waals surface area contributed by atoms with Crippen LogP contribution in [-0.4, -0.2) is 19.1 Å². The van der Waals surface area contributed by atoms with Gasteiger partial charge in [0, 0.05) is 24.2 Å². The van der Waals surface area contributed by atoms with Crippen LogP contribution >= 0.6 is 11.6 Å².